The van der Waals surface area contributed by atoms with E-state index in [1.807, 2.05) is 13.0 Å². The summed E-state index contributed by atoms with van der Waals surface area (Å²) in [7, 11) is 0. The van der Waals surface area contributed by atoms with Crippen molar-refractivity contribution >= 4 is 17.7 Å². The standard InChI is InChI=1S/C16H20N2O2S/c1-12(14-6-4-3-5-7-14)8-9-18-13(2)10-17-16(18)21-11-15(19)20/h3-7,10,12H,8-9,11H2,1-2H3,(H,19,20). The number of aromatic nitrogens is 2. The van der Waals surface area contributed by atoms with Crippen LogP contribution < -0.4 is 0 Å². The number of aliphatic carboxylic acids is 1. The van der Waals surface area contributed by atoms with Gasteiger partial charge in [0.1, 0.15) is 0 Å². The third-order valence-corrected chi connectivity index (χ3v) is 4.47. The molecular formula is C16H20N2O2S. The zero-order chi connectivity index (χ0) is 15.2. The maximum Gasteiger partial charge on any atom is 0.313 e. The molecule has 0 saturated carbocycles. The normalized spacial score (nSPS) is 12.3. The second-order valence-electron chi connectivity index (χ2n) is 5.12. The molecule has 0 aliphatic heterocycles. The number of hydrogen-bond donors (Lipinski definition) is 1. The molecular weight excluding hydrogens is 284 g/mol. The van der Waals surface area contributed by atoms with Gasteiger partial charge in [0.05, 0.1) is 5.75 Å². The van der Waals surface area contributed by atoms with Gasteiger partial charge in [-0.2, -0.15) is 0 Å². The van der Waals surface area contributed by atoms with Crippen molar-refractivity contribution in [3.63, 3.8) is 0 Å². The van der Waals surface area contributed by atoms with Gasteiger partial charge in [-0.05, 0) is 24.8 Å². The van der Waals surface area contributed by atoms with Crippen LogP contribution in [0.3, 0.4) is 0 Å². The minimum absolute atomic E-state index is 0.0463. The van der Waals surface area contributed by atoms with Crippen LogP contribution >= 0.6 is 11.8 Å². The molecule has 0 aliphatic rings. The number of rotatable bonds is 7. The number of thioether (sulfide) groups is 1. The Morgan fingerprint density at radius 3 is 2.76 bits per heavy atom. The van der Waals surface area contributed by atoms with E-state index in [1.165, 1.54) is 17.3 Å². The summed E-state index contributed by atoms with van der Waals surface area (Å²) in [6.07, 6.45) is 2.80. The van der Waals surface area contributed by atoms with Crippen molar-refractivity contribution in [2.45, 2.75) is 37.9 Å². The monoisotopic (exact) mass is 304 g/mol. The topological polar surface area (TPSA) is 55.1 Å². The van der Waals surface area contributed by atoms with Gasteiger partial charge < -0.3 is 9.67 Å². The van der Waals surface area contributed by atoms with Gasteiger partial charge in [0.25, 0.3) is 0 Å². The SMILES string of the molecule is Cc1cnc(SCC(=O)O)n1CCC(C)c1ccccc1. The lowest BCUT2D eigenvalue weighted by Gasteiger charge is -2.14. The lowest BCUT2D eigenvalue weighted by atomic mass is 9.98. The summed E-state index contributed by atoms with van der Waals surface area (Å²) in [5.41, 5.74) is 2.40. The lowest BCUT2D eigenvalue weighted by Crippen LogP contribution is -2.07. The van der Waals surface area contributed by atoms with Crippen LogP contribution in [-0.2, 0) is 11.3 Å². The molecule has 1 atom stereocenters. The van der Waals surface area contributed by atoms with Crippen LogP contribution in [0.15, 0.2) is 41.7 Å². The van der Waals surface area contributed by atoms with Crippen molar-refractivity contribution in [3.05, 3.63) is 47.8 Å². The molecule has 21 heavy (non-hydrogen) atoms. The van der Waals surface area contributed by atoms with Gasteiger partial charge in [0.2, 0.25) is 0 Å². The number of carboxylic acid groups (broad SMARTS) is 1. The van der Waals surface area contributed by atoms with Crippen molar-refractivity contribution in [2.24, 2.45) is 0 Å². The second-order valence-corrected chi connectivity index (χ2v) is 6.06. The first-order chi connectivity index (χ1) is 10.1. The van der Waals surface area contributed by atoms with E-state index in [0.717, 1.165) is 23.8 Å². The summed E-state index contributed by atoms with van der Waals surface area (Å²) < 4.78 is 2.10. The summed E-state index contributed by atoms with van der Waals surface area (Å²) in [6.45, 7) is 5.07. The van der Waals surface area contributed by atoms with Crippen LogP contribution in [0.1, 0.15) is 30.5 Å². The maximum atomic E-state index is 10.7. The van der Waals surface area contributed by atoms with Crippen LogP contribution in [0.4, 0.5) is 0 Å². The molecule has 1 N–H and O–H groups in total. The van der Waals surface area contributed by atoms with Crippen LogP contribution in [0.5, 0.6) is 0 Å². The summed E-state index contributed by atoms with van der Waals surface area (Å²) in [6, 6.07) is 10.4. The highest BCUT2D eigenvalue weighted by Crippen LogP contribution is 2.23. The molecule has 2 rings (SSSR count). The molecule has 1 unspecified atom stereocenters. The van der Waals surface area contributed by atoms with Crippen molar-refractivity contribution in [3.8, 4) is 0 Å². The van der Waals surface area contributed by atoms with Gasteiger partial charge in [-0.3, -0.25) is 4.79 Å². The van der Waals surface area contributed by atoms with Crippen molar-refractivity contribution < 1.29 is 9.90 Å². The van der Waals surface area contributed by atoms with Gasteiger partial charge in [-0.15, -0.1) is 0 Å². The minimum Gasteiger partial charge on any atom is -0.481 e. The number of benzene rings is 1. The first-order valence-electron chi connectivity index (χ1n) is 6.99. The van der Waals surface area contributed by atoms with E-state index in [-0.39, 0.29) is 5.75 Å². The van der Waals surface area contributed by atoms with E-state index in [9.17, 15) is 4.79 Å². The number of aryl methyl sites for hydroxylation is 1. The molecule has 1 aromatic carbocycles. The minimum atomic E-state index is -0.815. The number of carbonyl (C=O) groups is 1. The van der Waals surface area contributed by atoms with E-state index in [1.54, 1.807) is 6.20 Å². The number of nitrogens with zero attached hydrogens (tertiary/aromatic N) is 2. The fourth-order valence-electron chi connectivity index (χ4n) is 2.22. The first kappa shape index (κ1) is 15.6. The van der Waals surface area contributed by atoms with E-state index >= 15 is 0 Å². The first-order valence-corrected chi connectivity index (χ1v) is 7.98. The van der Waals surface area contributed by atoms with Gasteiger partial charge >= 0.3 is 5.97 Å². The Labute approximate surface area is 129 Å². The highest BCUT2D eigenvalue weighted by atomic mass is 32.2. The smallest absolute Gasteiger partial charge is 0.313 e. The van der Waals surface area contributed by atoms with E-state index < -0.39 is 5.97 Å². The van der Waals surface area contributed by atoms with Crippen LogP contribution in [0, 0.1) is 6.92 Å². The number of hydrogen-bond acceptors (Lipinski definition) is 3. The molecule has 1 aromatic heterocycles. The highest BCUT2D eigenvalue weighted by Gasteiger charge is 2.11. The third kappa shape index (κ3) is 4.36. The van der Waals surface area contributed by atoms with Crippen molar-refractivity contribution in [1.29, 1.82) is 0 Å². The Morgan fingerprint density at radius 2 is 2.10 bits per heavy atom. The summed E-state index contributed by atoms with van der Waals surface area (Å²) in [5.74, 6) is -0.305. The van der Waals surface area contributed by atoms with Crippen molar-refractivity contribution in [2.75, 3.05) is 5.75 Å². The quantitative estimate of drug-likeness (QED) is 0.795. The Morgan fingerprint density at radius 1 is 1.38 bits per heavy atom. The molecule has 2 aromatic rings. The van der Waals surface area contributed by atoms with Crippen LogP contribution in [-0.4, -0.2) is 26.4 Å². The van der Waals surface area contributed by atoms with Crippen LogP contribution in [0.2, 0.25) is 0 Å². The van der Waals surface area contributed by atoms with Gasteiger partial charge in [0, 0.05) is 18.4 Å². The molecule has 0 saturated heterocycles. The predicted molar refractivity (Wildman–Crippen MR) is 84.8 cm³/mol. The molecule has 0 bridgehead atoms. The summed E-state index contributed by atoms with van der Waals surface area (Å²) in [5, 5.41) is 9.57. The lowest BCUT2D eigenvalue weighted by molar-refractivity contribution is -0.133. The van der Waals surface area contributed by atoms with Crippen LogP contribution in [0.25, 0.3) is 0 Å². The highest BCUT2D eigenvalue weighted by molar-refractivity contribution is 7.99. The van der Waals surface area contributed by atoms with Gasteiger partial charge in [0.15, 0.2) is 5.16 Å². The summed E-state index contributed by atoms with van der Waals surface area (Å²) in [4.78, 5) is 15.0. The van der Waals surface area contributed by atoms with E-state index in [2.05, 4.69) is 40.7 Å². The Balaban J connectivity index is 1.99. The molecule has 0 aliphatic carbocycles. The molecule has 0 spiro atoms. The molecule has 0 amide bonds. The van der Waals surface area contributed by atoms with E-state index in [0.29, 0.717) is 5.92 Å². The van der Waals surface area contributed by atoms with E-state index in [4.69, 9.17) is 5.11 Å². The van der Waals surface area contributed by atoms with Gasteiger partial charge in [-0.25, -0.2) is 4.98 Å². The Kier molecular flexibility index (Phi) is 5.44. The van der Waals surface area contributed by atoms with Crippen molar-refractivity contribution in [1.82, 2.24) is 9.55 Å². The fraction of sp³-hybridized carbons (Fsp3) is 0.375. The fourth-order valence-corrected chi connectivity index (χ4v) is 2.99. The second kappa shape index (κ2) is 7.31. The Hall–Kier alpha value is -1.75. The number of imidazole rings is 1. The number of carboxylic acids is 1. The molecule has 0 radical (unpaired) electrons. The maximum absolute atomic E-state index is 10.7. The largest absolute Gasteiger partial charge is 0.481 e. The van der Waals surface area contributed by atoms with Gasteiger partial charge in [-0.1, -0.05) is 49.0 Å². The summed E-state index contributed by atoms with van der Waals surface area (Å²) >= 11 is 1.28. The predicted octanol–water partition coefficient (Wildman–Crippen LogP) is 3.56. The third-order valence-electron chi connectivity index (χ3n) is 3.50. The average Bonchev–Trinajstić information content (AvgIpc) is 2.84. The molecule has 1 heterocycles. The molecule has 112 valence electrons. The average molecular weight is 304 g/mol. The zero-order valence-electron chi connectivity index (χ0n) is 12.3. The Bertz CT molecular complexity index is 596. The molecule has 4 nitrogen and oxygen atoms in total. The molecule has 5 heteroatoms. The zero-order valence-corrected chi connectivity index (χ0v) is 13.1. The molecule has 0 fully saturated rings.